The molecule has 0 saturated carbocycles. The number of aliphatic hydroxyl groups is 1. The van der Waals surface area contributed by atoms with E-state index in [4.69, 9.17) is 11.6 Å². The molecule has 1 unspecified atom stereocenters. The van der Waals surface area contributed by atoms with Gasteiger partial charge in [-0.2, -0.15) is 0 Å². The summed E-state index contributed by atoms with van der Waals surface area (Å²) in [4.78, 5) is 11.5. The van der Waals surface area contributed by atoms with Gasteiger partial charge in [0.05, 0.1) is 12.6 Å². The van der Waals surface area contributed by atoms with Gasteiger partial charge in [0, 0.05) is 12.3 Å². The molecule has 0 radical (unpaired) electrons. The van der Waals surface area contributed by atoms with Crippen LogP contribution in [0.15, 0.2) is 30.3 Å². The topological polar surface area (TPSA) is 49.3 Å². The highest BCUT2D eigenvalue weighted by Crippen LogP contribution is 2.11. The van der Waals surface area contributed by atoms with Crippen molar-refractivity contribution in [1.82, 2.24) is 5.32 Å². The van der Waals surface area contributed by atoms with Gasteiger partial charge in [0.1, 0.15) is 0 Å². The fourth-order valence-corrected chi connectivity index (χ4v) is 1.55. The zero-order valence-corrected chi connectivity index (χ0v) is 9.78. The monoisotopic (exact) mass is 241 g/mol. The second-order valence-corrected chi connectivity index (χ2v) is 3.88. The lowest BCUT2D eigenvalue weighted by Crippen LogP contribution is -2.30. The Morgan fingerprint density at radius 2 is 2.06 bits per heavy atom. The number of amides is 1. The van der Waals surface area contributed by atoms with Crippen LogP contribution in [0.4, 0.5) is 0 Å². The first-order chi connectivity index (χ1) is 7.77. The summed E-state index contributed by atoms with van der Waals surface area (Å²) in [7, 11) is 0. The zero-order valence-electron chi connectivity index (χ0n) is 9.03. The summed E-state index contributed by atoms with van der Waals surface area (Å²) in [5.41, 5.74) is 0.907. The molecule has 0 saturated heterocycles. The van der Waals surface area contributed by atoms with Gasteiger partial charge in [0.15, 0.2) is 0 Å². The van der Waals surface area contributed by atoms with E-state index in [0.717, 1.165) is 5.56 Å². The molecule has 1 amide bonds. The SMILES string of the molecule is O=C(CCCCl)NC(CO)c1ccccc1. The number of aliphatic hydroxyl groups excluding tert-OH is 1. The van der Waals surface area contributed by atoms with Crippen LogP contribution in [0, 0.1) is 0 Å². The smallest absolute Gasteiger partial charge is 0.220 e. The highest BCUT2D eigenvalue weighted by molar-refractivity contribution is 6.17. The van der Waals surface area contributed by atoms with Crippen molar-refractivity contribution >= 4 is 17.5 Å². The standard InChI is InChI=1S/C12H16ClNO2/c13-8-4-7-12(16)14-11(9-15)10-5-2-1-3-6-10/h1-3,5-6,11,15H,4,7-9H2,(H,14,16). The Bertz CT molecular complexity index is 316. The van der Waals surface area contributed by atoms with Gasteiger partial charge < -0.3 is 10.4 Å². The quantitative estimate of drug-likeness (QED) is 0.747. The number of nitrogens with one attached hydrogen (secondary N) is 1. The Labute approximate surface area is 100 Å². The van der Waals surface area contributed by atoms with Crippen molar-refractivity contribution < 1.29 is 9.90 Å². The summed E-state index contributed by atoms with van der Waals surface area (Å²) in [6.07, 6.45) is 1.05. The number of hydrogen-bond acceptors (Lipinski definition) is 2. The number of carbonyl (C=O) groups is 1. The van der Waals surface area contributed by atoms with Crippen LogP contribution in [-0.2, 0) is 4.79 Å². The molecule has 0 spiro atoms. The van der Waals surface area contributed by atoms with Crippen molar-refractivity contribution in [2.75, 3.05) is 12.5 Å². The summed E-state index contributed by atoms with van der Waals surface area (Å²) in [5, 5.41) is 12.0. The third kappa shape index (κ3) is 4.21. The molecular weight excluding hydrogens is 226 g/mol. The first-order valence-corrected chi connectivity index (χ1v) is 5.82. The predicted molar refractivity (Wildman–Crippen MR) is 64.4 cm³/mol. The van der Waals surface area contributed by atoms with E-state index >= 15 is 0 Å². The van der Waals surface area contributed by atoms with E-state index in [1.54, 1.807) is 0 Å². The van der Waals surface area contributed by atoms with Crippen LogP contribution in [0.2, 0.25) is 0 Å². The van der Waals surface area contributed by atoms with E-state index in [1.807, 2.05) is 30.3 Å². The molecule has 2 N–H and O–H groups in total. The van der Waals surface area contributed by atoms with Crippen molar-refractivity contribution in [2.45, 2.75) is 18.9 Å². The van der Waals surface area contributed by atoms with Crippen LogP contribution in [0.1, 0.15) is 24.4 Å². The number of hydrogen-bond donors (Lipinski definition) is 2. The molecule has 1 aromatic carbocycles. The zero-order chi connectivity index (χ0) is 11.8. The molecule has 0 aliphatic carbocycles. The first-order valence-electron chi connectivity index (χ1n) is 5.29. The van der Waals surface area contributed by atoms with Crippen molar-refractivity contribution in [3.63, 3.8) is 0 Å². The molecule has 0 aromatic heterocycles. The van der Waals surface area contributed by atoms with E-state index in [9.17, 15) is 9.90 Å². The lowest BCUT2D eigenvalue weighted by atomic mass is 10.1. The highest BCUT2D eigenvalue weighted by atomic mass is 35.5. The van der Waals surface area contributed by atoms with Gasteiger partial charge in [-0.15, -0.1) is 11.6 Å². The molecular formula is C12H16ClNO2. The van der Waals surface area contributed by atoms with E-state index in [0.29, 0.717) is 18.7 Å². The molecule has 88 valence electrons. The van der Waals surface area contributed by atoms with Crippen molar-refractivity contribution in [3.8, 4) is 0 Å². The van der Waals surface area contributed by atoms with Crippen LogP contribution in [0.25, 0.3) is 0 Å². The van der Waals surface area contributed by atoms with E-state index in [1.165, 1.54) is 0 Å². The molecule has 16 heavy (non-hydrogen) atoms. The van der Waals surface area contributed by atoms with E-state index < -0.39 is 0 Å². The molecule has 0 bridgehead atoms. The average Bonchev–Trinajstić information content (AvgIpc) is 2.34. The van der Waals surface area contributed by atoms with Gasteiger partial charge in [-0.3, -0.25) is 4.79 Å². The lowest BCUT2D eigenvalue weighted by Gasteiger charge is -2.16. The fraction of sp³-hybridized carbons (Fsp3) is 0.417. The maximum Gasteiger partial charge on any atom is 0.220 e. The maximum atomic E-state index is 11.5. The molecule has 0 heterocycles. The van der Waals surface area contributed by atoms with Gasteiger partial charge in [0.25, 0.3) is 0 Å². The van der Waals surface area contributed by atoms with Gasteiger partial charge in [-0.25, -0.2) is 0 Å². The summed E-state index contributed by atoms with van der Waals surface area (Å²) in [6.45, 7) is -0.101. The minimum absolute atomic E-state index is 0.0800. The van der Waals surface area contributed by atoms with Crippen molar-refractivity contribution in [3.05, 3.63) is 35.9 Å². The molecule has 0 aliphatic heterocycles. The predicted octanol–water partition coefficient (Wildman–Crippen LogP) is 1.86. The Hall–Kier alpha value is -1.06. The molecule has 1 rings (SSSR count). The number of rotatable bonds is 6. The van der Waals surface area contributed by atoms with Gasteiger partial charge in [0.2, 0.25) is 5.91 Å². The van der Waals surface area contributed by atoms with Crippen LogP contribution < -0.4 is 5.32 Å². The Morgan fingerprint density at radius 1 is 1.38 bits per heavy atom. The lowest BCUT2D eigenvalue weighted by molar-refractivity contribution is -0.122. The molecule has 3 nitrogen and oxygen atoms in total. The Kier molecular flexibility index (Phi) is 5.90. The fourth-order valence-electron chi connectivity index (χ4n) is 1.41. The Morgan fingerprint density at radius 3 is 2.62 bits per heavy atom. The minimum Gasteiger partial charge on any atom is -0.394 e. The minimum atomic E-state index is -0.330. The molecule has 4 heteroatoms. The third-order valence-corrected chi connectivity index (χ3v) is 2.52. The Balaban J connectivity index is 2.52. The van der Waals surface area contributed by atoms with Crippen LogP contribution in [-0.4, -0.2) is 23.5 Å². The van der Waals surface area contributed by atoms with Crippen LogP contribution in [0.3, 0.4) is 0 Å². The highest BCUT2D eigenvalue weighted by Gasteiger charge is 2.12. The number of halogens is 1. The normalized spacial score (nSPS) is 12.1. The molecule has 1 aromatic rings. The summed E-state index contributed by atoms with van der Waals surface area (Å²) in [6, 6.07) is 9.08. The van der Waals surface area contributed by atoms with Gasteiger partial charge >= 0.3 is 0 Å². The van der Waals surface area contributed by atoms with Gasteiger partial charge in [-0.1, -0.05) is 30.3 Å². The maximum absolute atomic E-state index is 11.5. The second-order valence-electron chi connectivity index (χ2n) is 3.51. The second kappa shape index (κ2) is 7.25. The number of benzene rings is 1. The first kappa shape index (κ1) is 13.0. The third-order valence-electron chi connectivity index (χ3n) is 2.26. The van der Waals surface area contributed by atoms with Crippen molar-refractivity contribution in [2.24, 2.45) is 0 Å². The van der Waals surface area contributed by atoms with Crippen LogP contribution in [0.5, 0.6) is 0 Å². The molecule has 0 fully saturated rings. The van der Waals surface area contributed by atoms with Crippen molar-refractivity contribution in [1.29, 1.82) is 0 Å². The summed E-state index contributed by atoms with van der Waals surface area (Å²) < 4.78 is 0. The summed E-state index contributed by atoms with van der Waals surface area (Å²) >= 11 is 5.50. The average molecular weight is 242 g/mol. The van der Waals surface area contributed by atoms with E-state index in [2.05, 4.69) is 5.32 Å². The van der Waals surface area contributed by atoms with Gasteiger partial charge in [-0.05, 0) is 12.0 Å². The number of carbonyl (C=O) groups excluding carboxylic acids is 1. The molecule has 0 aliphatic rings. The summed E-state index contributed by atoms with van der Waals surface area (Å²) in [5.74, 6) is 0.395. The molecule has 1 atom stereocenters. The van der Waals surface area contributed by atoms with E-state index in [-0.39, 0.29) is 18.6 Å². The number of alkyl halides is 1. The largest absolute Gasteiger partial charge is 0.394 e. The van der Waals surface area contributed by atoms with Crippen LogP contribution >= 0.6 is 11.6 Å².